The molecule has 0 bridgehead atoms. The van der Waals surface area contributed by atoms with Crippen molar-refractivity contribution in [3.05, 3.63) is 42.2 Å². The van der Waals surface area contributed by atoms with Gasteiger partial charge in [-0.15, -0.1) is 0 Å². The SMILES string of the molecule is COc1cccc(OCCn2ccc(C(N)=O)n2)c1. The molecular formula is C13H15N3O3. The Bertz CT molecular complexity index is 566. The van der Waals surface area contributed by atoms with Crippen LogP contribution >= 0.6 is 0 Å². The zero-order valence-corrected chi connectivity index (χ0v) is 10.6. The average molecular weight is 261 g/mol. The molecule has 2 aromatic rings. The molecule has 1 heterocycles. The summed E-state index contributed by atoms with van der Waals surface area (Å²) in [6, 6.07) is 8.93. The second-order valence-electron chi connectivity index (χ2n) is 3.86. The Balaban J connectivity index is 1.86. The van der Waals surface area contributed by atoms with E-state index in [0.717, 1.165) is 11.5 Å². The third kappa shape index (κ3) is 3.48. The van der Waals surface area contributed by atoms with Gasteiger partial charge in [0, 0.05) is 12.3 Å². The molecule has 0 aliphatic rings. The van der Waals surface area contributed by atoms with Crippen molar-refractivity contribution in [1.29, 1.82) is 0 Å². The summed E-state index contributed by atoms with van der Waals surface area (Å²) < 4.78 is 12.3. The fraction of sp³-hybridized carbons (Fsp3) is 0.231. The van der Waals surface area contributed by atoms with Gasteiger partial charge in [0.25, 0.3) is 5.91 Å². The van der Waals surface area contributed by atoms with Crippen LogP contribution in [0.15, 0.2) is 36.5 Å². The molecule has 0 spiro atoms. The molecule has 0 aliphatic carbocycles. The van der Waals surface area contributed by atoms with Crippen molar-refractivity contribution in [3.8, 4) is 11.5 Å². The number of primary amides is 1. The zero-order chi connectivity index (χ0) is 13.7. The number of carbonyl (C=O) groups is 1. The largest absolute Gasteiger partial charge is 0.497 e. The van der Waals surface area contributed by atoms with E-state index in [9.17, 15) is 4.79 Å². The lowest BCUT2D eigenvalue weighted by Crippen LogP contribution is -2.14. The number of methoxy groups -OCH3 is 1. The number of nitrogens with zero attached hydrogens (tertiary/aromatic N) is 2. The molecule has 0 radical (unpaired) electrons. The average Bonchev–Trinajstić information content (AvgIpc) is 2.88. The van der Waals surface area contributed by atoms with Gasteiger partial charge in [0.15, 0.2) is 0 Å². The monoisotopic (exact) mass is 261 g/mol. The van der Waals surface area contributed by atoms with E-state index in [1.807, 2.05) is 18.2 Å². The minimum absolute atomic E-state index is 0.251. The lowest BCUT2D eigenvalue weighted by Gasteiger charge is -2.07. The molecule has 6 heteroatoms. The second-order valence-corrected chi connectivity index (χ2v) is 3.86. The van der Waals surface area contributed by atoms with Crippen LogP contribution in [-0.2, 0) is 6.54 Å². The van der Waals surface area contributed by atoms with E-state index in [1.165, 1.54) is 0 Å². The van der Waals surface area contributed by atoms with Crippen molar-refractivity contribution in [2.75, 3.05) is 13.7 Å². The highest BCUT2D eigenvalue weighted by atomic mass is 16.5. The van der Waals surface area contributed by atoms with Gasteiger partial charge in [-0.2, -0.15) is 5.10 Å². The van der Waals surface area contributed by atoms with Crippen LogP contribution < -0.4 is 15.2 Å². The third-order valence-corrected chi connectivity index (χ3v) is 2.52. The highest BCUT2D eigenvalue weighted by Crippen LogP contribution is 2.18. The first kappa shape index (κ1) is 12.9. The van der Waals surface area contributed by atoms with E-state index in [0.29, 0.717) is 13.2 Å². The number of nitrogens with two attached hydrogens (primary N) is 1. The predicted molar refractivity (Wildman–Crippen MR) is 69.2 cm³/mol. The standard InChI is InChI=1S/C13H15N3O3/c1-18-10-3-2-4-11(9-10)19-8-7-16-6-5-12(15-16)13(14)17/h2-6,9H,7-8H2,1H3,(H2,14,17). The van der Waals surface area contributed by atoms with Crippen molar-refractivity contribution in [3.63, 3.8) is 0 Å². The molecule has 1 aromatic carbocycles. The van der Waals surface area contributed by atoms with Crippen LogP contribution in [0.4, 0.5) is 0 Å². The van der Waals surface area contributed by atoms with Gasteiger partial charge in [-0.25, -0.2) is 0 Å². The number of amides is 1. The molecule has 1 amide bonds. The van der Waals surface area contributed by atoms with Crippen LogP contribution in [0.3, 0.4) is 0 Å². The van der Waals surface area contributed by atoms with Gasteiger partial charge in [0.1, 0.15) is 23.8 Å². The molecule has 0 aliphatic heterocycles. The van der Waals surface area contributed by atoms with Gasteiger partial charge in [0.05, 0.1) is 13.7 Å². The molecule has 2 N–H and O–H groups in total. The molecule has 0 saturated heterocycles. The van der Waals surface area contributed by atoms with Gasteiger partial charge in [-0.1, -0.05) is 6.07 Å². The Morgan fingerprint density at radius 3 is 2.84 bits per heavy atom. The lowest BCUT2D eigenvalue weighted by atomic mass is 10.3. The van der Waals surface area contributed by atoms with E-state index in [-0.39, 0.29) is 5.69 Å². The van der Waals surface area contributed by atoms with Crippen LogP contribution in [0.2, 0.25) is 0 Å². The van der Waals surface area contributed by atoms with Crippen molar-refractivity contribution in [1.82, 2.24) is 9.78 Å². The van der Waals surface area contributed by atoms with E-state index in [2.05, 4.69) is 5.10 Å². The first-order chi connectivity index (χ1) is 9.19. The van der Waals surface area contributed by atoms with Gasteiger partial charge in [-0.3, -0.25) is 9.48 Å². The maximum atomic E-state index is 10.9. The highest BCUT2D eigenvalue weighted by Gasteiger charge is 2.04. The molecule has 100 valence electrons. The second kappa shape index (κ2) is 5.90. The van der Waals surface area contributed by atoms with E-state index >= 15 is 0 Å². The van der Waals surface area contributed by atoms with Crippen molar-refractivity contribution < 1.29 is 14.3 Å². The molecule has 6 nitrogen and oxygen atoms in total. The maximum Gasteiger partial charge on any atom is 0.269 e. The first-order valence-electron chi connectivity index (χ1n) is 5.79. The molecular weight excluding hydrogens is 246 g/mol. The number of rotatable bonds is 6. The summed E-state index contributed by atoms with van der Waals surface area (Å²) in [5.41, 5.74) is 5.37. The summed E-state index contributed by atoms with van der Waals surface area (Å²) in [6.45, 7) is 0.970. The van der Waals surface area contributed by atoms with Gasteiger partial charge in [-0.05, 0) is 18.2 Å². The van der Waals surface area contributed by atoms with E-state index in [1.54, 1.807) is 30.1 Å². The Labute approximate surface area is 110 Å². The number of benzene rings is 1. The van der Waals surface area contributed by atoms with Crippen LogP contribution in [0.5, 0.6) is 11.5 Å². The van der Waals surface area contributed by atoms with Gasteiger partial charge < -0.3 is 15.2 Å². The molecule has 1 aromatic heterocycles. The summed E-state index contributed by atoms with van der Waals surface area (Å²) in [4.78, 5) is 10.9. The minimum atomic E-state index is -0.535. The molecule has 0 saturated carbocycles. The first-order valence-corrected chi connectivity index (χ1v) is 5.79. The van der Waals surface area contributed by atoms with Crippen molar-refractivity contribution >= 4 is 5.91 Å². The number of carbonyl (C=O) groups excluding carboxylic acids is 1. The quantitative estimate of drug-likeness (QED) is 0.843. The third-order valence-electron chi connectivity index (χ3n) is 2.52. The molecule has 0 unspecified atom stereocenters. The normalized spacial score (nSPS) is 10.2. The smallest absolute Gasteiger partial charge is 0.269 e. The molecule has 19 heavy (non-hydrogen) atoms. The highest BCUT2D eigenvalue weighted by molar-refractivity contribution is 5.90. The van der Waals surface area contributed by atoms with Crippen LogP contribution in [0.1, 0.15) is 10.5 Å². The van der Waals surface area contributed by atoms with Crippen LogP contribution in [-0.4, -0.2) is 29.4 Å². The summed E-state index contributed by atoms with van der Waals surface area (Å²) in [5.74, 6) is 0.932. The summed E-state index contributed by atoms with van der Waals surface area (Å²) in [6.07, 6.45) is 1.69. The summed E-state index contributed by atoms with van der Waals surface area (Å²) in [7, 11) is 1.61. The van der Waals surface area contributed by atoms with Crippen LogP contribution in [0, 0.1) is 0 Å². The number of hydrogen-bond donors (Lipinski definition) is 1. The lowest BCUT2D eigenvalue weighted by molar-refractivity contribution is 0.0994. The summed E-state index contributed by atoms with van der Waals surface area (Å²) >= 11 is 0. The molecule has 0 atom stereocenters. The van der Waals surface area contributed by atoms with E-state index in [4.69, 9.17) is 15.2 Å². The van der Waals surface area contributed by atoms with Gasteiger partial charge in [0.2, 0.25) is 0 Å². The minimum Gasteiger partial charge on any atom is -0.497 e. The number of hydrogen-bond acceptors (Lipinski definition) is 4. The Morgan fingerprint density at radius 2 is 2.16 bits per heavy atom. The molecule has 0 fully saturated rings. The Hall–Kier alpha value is -2.50. The van der Waals surface area contributed by atoms with Crippen molar-refractivity contribution in [2.45, 2.75) is 6.54 Å². The molecule has 2 rings (SSSR count). The number of aromatic nitrogens is 2. The maximum absolute atomic E-state index is 10.9. The Morgan fingerprint density at radius 1 is 1.37 bits per heavy atom. The topological polar surface area (TPSA) is 79.4 Å². The summed E-state index contributed by atoms with van der Waals surface area (Å²) in [5, 5.41) is 4.01. The fourth-order valence-corrected chi connectivity index (χ4v) is 1.57. The Kier molecular flexibility index (Phi) is 4.02. The number of ether oxygens (including phenoxy) is 2. The van der Waals surface area contributed by atoms with Crippen molar-refractivity contribution in [2.24, 2.45) is 5.73 Å². The predicted octanol–water partition coefficient (Wildman–Crippen LogP) is 1.07. The van der Waals surface area contributed by atoms with Gasteiger partial charge >= 0.3 is 0 Å². The zero-order valence-electron chi connectivity index (χ0n) is 10.6. The van der Waals surface area contributed by atoms with E-state index < -0.39 is 5.91 Å². The van der Waals surface area contributed by atoms with Crippen LogP contribution in [0.25, 0.3) is 0 Å². The fourth-order valence-electron chi connectivity index (χ4n) is 1.57.